The summed E-state index contributed by atoms with van der Waals surface area (Å²) in [5.74, 6) is -0.0531. The minimum atomic E-state index is -0.0531. The van der Waals surface area contributed by atoms with Crippen molar-refractivity contribution in [1.29, 1.82) is 0 Å². The number of hydrogen-bond acceptors (Lipinski definition) is 3. The SMILES string of the molecule is CN(C)CCN(Cc1ccccc1)C(=O)/C=C/c1c(Cl)nc2ccccn12. The van der Waals surface area contributed by atoms with Crippen molar-refractivity contribution >= 4 is 29.2 Å². The molecule has 0 aliphatic heterocycles. The molecular formula is C21H23ClN4O. The summed E-state index contributed by atoms with van der Waals surface area (Å²) in [7, 11) is 4.00. The maximum Gasteiger partial charge on any atom is 0.246 e. The largest absolute Gasteiger partial charge is 0.334 e. The molecule has 0 radical (unpaired) electrons. The zero-order valence-corrected chi connectivity index (χ0v) is 16.3. The Kier molecular flexibility index (Phi) is 6.27. The number of pyridine rings is 1. The molecule has 1 amide bonds. The van der Waals surface area contributed by atoms with Gasteiger partial charge in [-0.3, -0.25) is 9.20 Å². The first kappa shape index (κ1) is 19.1. The monoisotopic (exact) mass is 382 g/mol. The molecule has 3 aromatic rings. The third-order valence-electron chi connectivity index (χ3n) is 4.25. The highest BCUT2D eigenvalue weighted by atomic mass is 35.5. The fourth-order valence-electron chi connectivity index (χ4n) is 2.78. The summed E-state index contributed by atoms with van der Waals surface area (Å²) in [6, 6.07) is 15.7. The van der Waals surface area contributed by atoms with Gasteiger partial charge in [-0.2, -0.15) is 0 Å². The van der Waals surface area contributed by atoms with Gasteiger partial charge in [-0.15, -0.1) is 0 Å². The van der Waals surface area contributed by atoms with E-state index in [1.165, 1.54) is 0 Å². The molecule has 0 unspecified atom stereocenters. The van der Waals surface area contributed by atoms with Gasteiger partial charge >= 0.3 is 0 Å². The van der Waals surface area contributed by atoms with Gasteiger partial charge in [-0.05, 0) is 37.9 Å². The van der Waals surface area contributed by atoms with Gasteiger partial charge in [0.05, 0.1) is 5.69 Å². The summed E-state index contributed by atoms with van der Waals surface area (Å²) in [4.78, 5) is 21.1. The Bertz CT molecular complexity index is 934. The molecule has 27 heavy (non-hydrogen) atoms. The second kappa shape index (κ2) is 8.84. The minimum Gasteiger partial charge on any atom is -0.334 e. The van der Waals surface area contributed by atoms with E-state index in [0.29, 0.717) is 23.9 Å². The van der Waals surface area contributed by atoms with Crippen molar-refractivity contribution in [2.75, 3.05) is 27.2 Å². The number of aromatic nitrogens is 2. The van der Waals surface area contributed by atoms with Crippen LogP contribution in [0.4, 0.5) is 0 Å². The lowest BCUT2D eigenvalue weighted by Crippen LogP contribution is -2.35. The molecular weight excluding hydrogens is 360 g/mol. The highest BCUT2D eigenvalue weighted by Gasteiger charge is 2.13. The van der Waals surface area contributed by atoms with Crippen molar-refractivity contribution in [3.63, 3.8) is 0 Å². The number of nitrogens with zero attached hydrogens (tertiary/aromatic N) is 4. The van der Waals surface area contributed by atoms with Crippen LogP contribution in [0.3, 0.4) is 0 Å². The average Bonchev–Trinajstić information content (AvgIpc) is 2.99. The third kappa shape index (κ3) is 4.96. The van der Waals surface area contributed by atoms with Crippen molar-refractivity contribution in [2.45, 2.75) is 6.54 Å². The zero-order valence-electron chi connectivity index (χ0n) is 15.5. The lowest BCUT2D eigenvalue weighted by molar-refractivity contribution is -0.126. The Labute approximate surface area is 164 Å². The summed E-state index contributed by atoms with van der Waals surface area (Å²) in [5, 5.41) is 0.383. The van der Waals surface area contributed by atoms with Gasteiger partial charge in [0.1, 0.15) is 5.65 Å². The van der Waals surface area contributed by atoms with Gasteiger partial charge in [-0.1, -0.05) is 48.0 Å². The van der Waals surface area contributed by atoms with Gasteiger partial charge in [0.2, 0.25) is 5.91 Å². The predicted octanol–water partition coefficient (Wildman–Crippen LogP) is 3.59. The van der Waals surface area contributed by atoms with Crippen LogP contribution in [0, 0.1) is 0 Å². The number of amides is 1. The van der Waals surface area contributed by atoms with E-state index in [4.69, 9.17) is 11.6 Å². The van der Waals surface area contributed by atoms with Gasteiger partial charge in [0.25, 0.3) is 0 Å². The highest BCUT2D eigenvalue weighted by Crippen LogP contribution is 2.19. The lowest BCUT2D eigenvalue weighted by atomic mass is 10.2. The topological polar surface area (TPSA) is 40.8 Å². The Morgan fingerprint density at radius 2 is 1.85 bits per heavy atom. The van der Waals surface area contributed by atoms with Crippen LogP contribution in [0.2, 0.25) is 5.15 Å². The van der Waals surface area contributed by atoms with Crippen molar-refractivity contribution in [2.24, 2.45) is 0 Å². The van der Waals surface area contributed by atoms with Crippen LogP contribution in [-0.2, 0) is 11.3 Å². The molecule has 6 heteroatoms. The van der Waals surface area contributed by atoms with Crippen LogP contribution in [0.25, 0.3) is 11.7 Å². The zero-order chi connectivity index (χ0) is 19.2. The number of hydrogen-bond donors (Lipinski definition) is 0. The normalized spacial score (nSPS) is 11.6. The number of benzene rings is 1. The van der Waals surface area contributed by atoms with Crippen molar-refractivity contribution < 1.29 is 4.79 Å². The molecule has 0 spiro atoms. The Morgan fingerprint density at radius 1 is 1.11 bits per heavy atom. The van der Waals surface area contributed by atoms with E-state index >= 15 is 0 Å². The summed E-state index contributed by atoms with van der Waals surface area (Å²) < 4.78 is 1.87. The molecule has 0 N–H and O–H groups in total. The van der Waals surface area contributed by atoms with Crippen LogP contribution >= 0.6 is 11.6 Å². The summed E-state index contributed by atoms with van der Waals surface area (Å²) >= 11 is 6.25. The standard InChI is InChI=1S/C21H23ClN4O/c1-24(2)14-15-25(16-17-8-4-3-5-9-17)20(27)12-11-18-21(22)23-19-10-6-7-13-26(18)19/h3-13H,14-16H2,1-2H3/b12-11+. The van der Waals surface area contributed by atoms with Gasteiger partial charge in [0.15, 0.2) is 5.15 Å². The van der Waals surface area contributed by atoms with Crippen molar-refractivity contribution in [3.05, 3.63) is 77.2 Å². The molecule has 0 aliphatic carbocycles. The van der Waals surface area contributed by atoms with Crippen LogP contribution in [0.1, 0.15) is 11.3 Å². The number of rotatable bonds is 7. The smallest absolute Gasteiger partial charge is 0.246 e. The number of likely N-dealkylation sites (N-methyl/N-ethyl adjacent to an activating group) is 1. The molecule has 5 nitrogen and oxygen atoms in total. The molecule has 0 saturated heterocycles. The Hall–Kier alpha value is -2.63. The first-order valence-corrected chi connectivity index (χ1v) is 9.20. The Balaban J connectivity index is 1.80. The fourth-order valence-corrected chi connectivity index (χ4v) is 3.02. The van der Waals surface area contributed by atoms with E-state index in [1.807, 2.05) is 78.1 Å². The number of halogens is 1. The number of carbonyl (C=O) groups is 1. The van der Waals surface area contributed by atoms with E-state index in [-0.39, 0.29) is 5.91 Å². The van der Waals surface area contributed by atoms with E-state index in [9.17, 15) is 4.79 Å². The van der Waals surface area contributed by atoms with Crippen LogP contribution in [-0.4, -0.2) is 52.3 Å². The number of imidazole rings is 1. The van der Waals surface area contributed by atoms with Crippen molar-refractivity contribution in [1.82, 2.24) is 19.2 Å². The molecule has 0 atom stereocenters. The lowest BCUT2D eigenvalue weighted by Gasteiger charge is -2.23. The fraction of sp³-hybridized carbons (Fsp3) is 0.238. The molecule has 1 aromatic carbocycles. The minimum absolute atomic E-state index is 0.0531. The molecule has 0 bridgehead atoms. The molecule has 0 fully saturated rings. The first-order valence-electron chi connectivity index (χ1n) is 8.83. The summed E-state index contributed by atoms with van der Waals surface area (Å²) in [6.07, 6.45) is 5.19. The van der Waals surface area contributed by atoms with Gasteiger partial charge < -0.3 is 9.80 Å². The number of fused-ring (bicyclic) bond motifs is 1. The molecule has 3 rings (SSSR count). The average molecular weight is 383 g/mol. The molecule has 140 valence electrons. The van der Waals surface area contributed by atoms with E-state index < -0.39 is 0 Å². The van der Waals surface area contributed by atoms with E-state index in [1.54, 1.807) is 12.2 Å². The van der Waals surface area contributed by atoms with Crippen molar-refractivity contribution in [3.8, 4) is 0 Å². The maximum atomic E-state index is 12.9. The summed E-state index contributed by atoms with van der Waals surface area (Å²) in [6.45, 7) is 2.01. The Morgan fingerprint density at radius 3 is 2.59 bits per heavy atom. The summed E-state index contributed by atoms with van der Waals surface area (Å²) in [5.41, 5.74) is 2.56. The first-order chi connectivity index (χ1) is 13.0. The quantitative estimate of drug-likeness (QED) is 0.586. The molecule has 2 heterocycles. The third-order valence-corrected chi connectivity index (χ3v) is 4.53. The van der Waals surface area contributed by atoms with Gasteiger partial charge in [0, 0.05) is 31.9 Å². The molecule has 0 saturated carbocycles. The predicted molar refractivity (Wildman–Crippen MR) is 110 cm³/mol. The van der Waals surface area contributed by atoms with Crippen LogP contribution in [0.5, 0.6) is 0 Å². The number of carbonyl (C=O) groups excluding carboxylic acids is 1. The highest BCUT2D eigenvalue weighted by molar-refractivity contribution is 6.31. The van der Waals surface area contributed by atoms with E-state index in [2.05, 4.69) is 9.88 Å². The molecule has 2 aromatic heterocycles. The van der Waals surface area contributed by atoms with Gasteiger partial charge in [-0.25, -0.2) is 4.98 Å². The second-order valence-corrected chi connectivity index (χ2v) is 6.96. The van der Waals surface area contributed by atoms with Crippen LogP contribution < -0.4 is 0 Å². The molecule has 0 aliphatic rings. The van der Waals surface area contributed by atoms with E-state index in [0.717, 1.165) is 17.8 Å². The van der Waals surface area contributed by atoms with Crippen LogP contribution in [0.15, 0.2) is 60.8 Å². The maximum absolute atomic E-state index is 12.9. The second-order valence-electron chi connectivity index (χ2n) is 6.60.